The van der Waals surface area contributed by atoms with E-state index in [0.717, 1.165) is 5.56 Å². The number of fused-ring (bicyclic) bond motifs is 1. The van der Waals surface area contributed by atoms with Crippen LogP contribution in [0, 0.1) is 5.82 Å². The molecule has 0 saturated heterocycles. The highest BCUT2D eigenvalue weighted by Crippen LogP contribution is 2.31. The van der Waals surface area contributed by atoms with E-state index < -0.39 is 11.9 Å². The molecule has 5 rings (SSSR count). The van der Waals surface area contributed by atoms with Crippen molar-refractivity contribution in [3.05, 3.63) is 84.7 Å². The number of rotatable bonds is 4. The minimum absolute atomic E-state index is 0.0574. The lowest BCUT2D eigenvalue weighted by Gasteiger charge is -2.08. The number of carbonyl (C=O) groups excluding carboxylic acids is 1. The van der Waals surface area contributed by atoms with E-state index in [1.165, 1.54) is 12.1 Å². The van der Waals surface area contributed by atoms with Crippen LogP contribution in [0.4, 0.5) is 15.9 Å². The van der Waals surface area contributed by atoms with E-state index in [0.29, 0.717) is 35.0 Å². The number of furan rings is 1. The van der Waals surface area contributed by atoms with Crippen LogP contribution in [0.5, 0.6) is 0 Å². The van der Waals surface area contributed by atoms with Gasteiger partial charge in [-0.15, -0.1) is 0 Å². The largest absolute Gasteiger partial charge is 0.469 e. The number of benzene rings is 2. The summed E-state index contributed by atoms with van der Waals surface area (Å²) in [6.07, 6.45) is 3.68. The van der Waals surface area contributed by atoms with Crippen molar-refractivity contribution in [3.63, 3.8) is 0 Å². The first-order valence-corrected chi connectivity index (χ1v) is 9.51. The second-order valence-electron chi connectivity index (χ2n) is 7.11. The number of hydrogen-bond acceptors (Lipinski definition) is 5. The van der Waals surface area contributed by atoms with Gasteiger partial charge in [-0.2, -0.15) is 4.57 Å². The number of nitrogens with two attached hydrogens (primary N) is 1. The third-order valence-electron chi connectivity index (χ3n) is 5.12. The van der Waals surface area contributed by atoms with E-state index in [1.54, 1.807) is 29.2 Å². The molecule has 0 bridgehead atoms. The number of nitrogen functional groups attached to an aromatic ring is 1. The number of nitrogens with zero attached hydrogens (tertiary/aromatic N) is 2. The minimum Gasteiger partial charge on any atom is -0.469 e. The van der Waals surface area contributed by atoms with Gasteiger partial charge in [-0.05, 0) is 24.3 Å². The summed E-state index contributed by atoms with van der Waals surface area (Å²) in [4.78, 5) is 17.9. The average molecular weight is 401 g/mol. The van der Waals surface area contributed by atoms with Gasteiger partial charge in [0.15, 0.2) is 5.69 Å². The molecule has 2 aromatic heterocycles. The molecule has 0 saturated carbocycles. The van der Waals surface area contributed by atoms with Crippen LogP contribution in [-0.4, -0.2) is 16.9 Å². The summed E-state index contributed by atoms with van der Waals surface area (Å²) in [5.74, 6) is 0.554. The smallest absolute Gasteiger partial charge is 0.359 e. The van der Waals surface area contributed by atoms with Gasteiger partial charge in [0.1, 0.15) is 23.5 Å². The van der Waals surface area contributed by atoms with Crippen molar-refractivity contribution in [1.82, 2.24) is 4.98 Å². The molecule has 0 amide bonds. The molecule has 1 aliphatic heterocycles. The molecule has 0 fully saturated rings. The molecule has 6 nitrogen and oxygen atoms in total. The quantitative estimate of drug-likeness (QED) is 0.402. The molecular weight excluding hydrogens is 383 g/mol. The van der Waals surface area contributed by atoms with Crippen LogP contribution in [0.25, 0.3) is 22.5 Å². The second-order valence-corrected chi connectivity index (χ2v) is 7.11. The lowest BCUT2D eigenvalue weighted by atomic mass is 10.1. The molecule has 0 spiro atoms. The maximum Gasteiger partial charge on any atom is 0.359 e. The van der Waals surface area contributed by atoms with Gasteiger partial charge in [0.25, 0.3) is 0 Å². The highest BCUT2D eigenvalue weighted by atomic mass is 19.1. The Bertz CT molecular complexity index is 1240. The van der Waals surface area contributed by atoms with E-state index in [2.05, 4.69) is 5.32 Å². The standard InChI is InChI=1S/C23H17FN4O2/c24-17-11-15(8-9-18(17)25)21-22-27-19(12-16-7-4-10-30-16)23(29)28(22)13-20(26-21)14-5-2-1-3-6-14/h1-11,13,19H,12H2,(H2,25,26)/p+1. The van der Waals surface area contributed by atoms with Crippen molar-refractivity contribution in [2.24, 2.45) is 0 Å². The normalized spacial score (nSPS) is 15.1. The van der Waals surface area contributed by atoms with Crippen molar-refractivity contribution in [3.8, 4) is 22.5 Å². The van der Waals surface area contributed by atoms with Crippen LogP contribution >= 0.6 is 0 Å². The first-order chi connectivity index (χ1) is 14.6. The van der Waals surface area contributed by atoms with Gasteiger partial charge in [0, 0.05) is 11.1 Å². The summed E-state index contributed by atoms with van der Waals surface area (Å²) >= 11 is 0. The first-order valence-electron chi connectivity index (χ1n) is 9.51. The zero-order valence-corrected chi connectivity index (χ0v) is 15.9. The number of hydrogen-bond donors (Lipinski definition) is 2. The number of carbonyl (C=O) groups is 1. The summed E-state index contributed by atoms with van der Waals surface area (Å²) in [7, 11) is 0. The van der Waals surface area contributed by atoms with Gasteiger partial charge >= 0.3 is 11.7 Å². The molecule has 2 aromatic carbocycles. The Morgan fingerprint density at radius 1 is 1.10 bits per heavy atom. The molecule has 1 atom stereocenters. The molecule has 1 aliphatic rings. The lowest BCUT2D eigenvalue weighted by Crippen LogP contribution is -2.43. The maximum absolute atomic E-state index is 14.2. The highest BCUT2D eigenvalue weighted by molar-refractivity contribution is 5.87. The van der Waals surface area contributed by atoms with Gasteiger partial charge in [0.2, 0.25) is 6.04 Å². The van der Waals surface area contributed by atoms with Gasteiger partial charge in [0.05, 0.1) is 18.4 Å². The summed E-state index contributed by atoms with van der Waals surface area (Å²) < 4.78 is 21.1. The van der Waals surface area contributed by atoms with Gasteiger partial charge in [-0.25, -0.2) is 14.2 Å². The Labute approximate surface area is 171 Å². The van der Waals surface area contributed by atoms with Gasteiger partial charge < -0.3 is 10.2 Å². The minimum atomic E-state index is -0.533. The zero-order chi connectivity index (χ0) is 20.7. The van der Waals surface area contributed by atoms with Gasteiger partial charge in [-0.1, -0.05) is 36.4 Å². The van der Waals surface area contributed by atoms with E-state index >= 15 is 0 Å². The predicted octanol–water partition coefficient (Wildman–Crippen LogP) is 3.69. The molecule has 3 N–H and O–H groups in total. The molecule has 0 radical (unpaired) electrons. The van der Waals surface area contributed by atoms with Crippen LogP contribution in [0.3, 0.4) is 0 Å². The van der Waals surface area contributed by atoms with E-state index in [-0.39, 0.29) is 11.6 Å². The number of nitrogens with one attached hydrogen (secondary N) is 1. The molecule has 0 aliphatic carbocycles. The zero-order valence-electron chi connectivity index (χ0n) is 15.9. The fourth-order valence-electron chi connectivity index (χ4n) is 3.60. The van der Waals surface area contributed by atoms with Crippen molar-refractivity contribution in [2.75, 3.05) is 11.1 Å². The summed E-state index contributed by atoms with van der Waals surface area (Å²) in [6.45, 7) is 0. The lowest BCUT2D eigenvalue weighted by molar-refractivity contribution is -0.551. The summed E-state index contributed by atoms with van der Waals surface area (Å²) in [5.41, 5.74) is 8.17. The van der Waals surface area contributed by atoms with Crippen molar-refractivity contribution >= 4 is 17.4 Å². The van der Waals surface area contributed by atoms with E-state index in [9.17, 15) is 9.18 Å². The molecule has 7 heteroatoms. The fourth-order valence-corrected chi connectivity index (χ4v) is 3.60. The Morgan fingerprint density at radius 2 is 1.93 bits per heavy atom. The molecule has 1 unspecified atom stereocenters. The SMILES string of the molecule is Nc1ccc(-c2nc(-c3ccccc3)c[n+]3c2NC(Cc2ccco2)C3=O)cc1F. The van der Waals surface area contributed by atoms with Crippen LogP contribution in [0.1, 0.15) is 10.6 Å². The van der Waals surface area contributed by atoms with Crippen LogP contribution in [-0.2, 0) is 6.42 Å². The summed E-state index contributed by atoms with van der Waals surface area (Å²) in [5, 5.41) is 3.24. The topological polar surface area (TPSA) is 85.0 Å². The predicted molar refractivity (Wildman–Crippen MR) is 110 cm³/mol. The highest BCUT2D eigenvalue weighted by Gasteiger charge is 2.42. The summed E-state index contributed by atoms with van der Waals surface area (Å²) in [6, 6.07) is 17.2. The number of halogens is 1. The number of anilines is 2. The van der Waals surface area contributed by atoms with Crippen LogP contribution in [0.2, 0.25) is 0 Å². The van der Waals surface area contributed by atoms with E-state index in [1.807, 2.05) is 36.4 Å². The van der Waals surface area contributed by atoms with Crippen LogP contribution < -0.4 is 15.6 Å². The van der Waals surface area contributed by atoms with Crippen molar-refractivity contribution in [2.45, 2.75) is 12.5 Å². The third kappa shape index (κ3) is 3.10. The first kappa shape index (κ1) is 18.1. The average Bonchev–Trinajstić information content (AvgIpc) is 3.39. The Morgan fingerprint density at radius 3 is 2.67 bits per heavy atom. The maximum atomic E-state index is 14.2. The monoisotopic (exact) mass is 401 g/mol. The Hall–Kier alpha value is -4.00. The Kier molecular flexibility index (Phi) is 4.28. The van der Waals surface area contributed by atoms with E-state index in [4.69, 9.17) is 15.1 Å². The van der Waals surface area contributed by atoms with Crippen molar-refractivity contribution < 1.29 is 18.2 Å². The van der Waals surface area contributed by atoms with Gasteiger partial charge in [-0.3, -0.25) is 5.32 Å². The molecule has 3 heterocycles. The number of aromatic nitrogens is 2. The fraction of sp³-hybridized carbons (Fsp3) is 0.0870. The second kappa shape index (κ2) is 7.11. The van der Waals surface area contributed by atoms with Crippen LogP contribution in [0.15, 0.2) is 77.5 Å². The molecule has 4 aromatic rings. The third-order valence-corrected chi connectivity index (χ3v) is 5.12. The molecule has 30 heavy (non-hydrogen) atoms. The Balaban J connectivity index is 1.65. The van der Waals surface area contributed by atoms with Crippen molar-refractivity contribution in [1.29, 1.82) is 0 Å². The molecular formula is C23H18FN4O2+. The molecule has 148 valence electrons.